The predicted octanol–water partition coefficient (Wildman–Crippen LogP) is 3.12. The van der Waals surface area contributed by atoms with Gasteiger partial charge in [0.25, 0.3) is 0 Å². The Morgan fingerprint density at radius 1 is 1.24 bits per heavy atom. The second kappa shape index (κ2) is 5.54. The molecule has 1 saturated carbocycles. The van der Waals surface area contributed by atoms with Crippen LogP contribution in [0, 0.1) is 17.7 Å². The van der Waals surface area contributed by atoms with Gasteiger partial charge in [-0.05, 0) is 30.7 Å². The molecular formula is C16H21FN2O2. The maximum atomic E-state index is 13.9. The number of nitrogens with zero attached hydrogens (tertiary/aromatic N) is 1. The third kappa shape index (κ3) is 2.69. The van der Waals surface area contributed by atoms with E-state index in [9.17, 15) is 9.18 Å². The van der Waals surface area contributed by atoms with Crippen molar-refractivity contribution in [3.63, 3.8) is 0 Å². The highest BCUT2D eigenvalue weighted by Crippen LogP contribution is 2.39. The van der Waals surface area contributed by atoms with Crippen LogP contribution >= 0.6 is 0 Å². The Hall–Kier alpha value is -1.78. The van der Waals surface area contributed by atoms with Gasteiger partial charge in [0.1, 0.15) is 5.82 Å². The first-order valence-corrected chi connectivity index (χ1v) is 7.63. The first kappa shape index (κ1) is 14.2. The van der Waals surface area contributed by atoms with Crippen LogP contribution < -0.4 is 10.6 Å². The first-order chi connectivity index (χ1) is 10.1. The van der Waals surface area contributed by atoms with Gasteiger partial charge in [-0.25, -0.2) is 9.18 Å². The topological polar surface area (TPSA) is 66.6 Å². The zero-order valence-corrected chi connectivity index (χ0v) is 12.0. The van der Waals surface area contributed by atoms with E-state index in [0.717, 1.165) is 25.4 Å². The van der Waals surface area contributed by atoms with Crippen molar-refractivity contribution < 1.29 is 14.3 Å². The molecule has 2 fully saturated rings. The number of rotatable bonds is 2. The minimum atomic E-state index is -1.28. The normalized spacial score (nSPS) is 25.5. The maximum absolute atomic E-state index is 13.9. The van der Waals surface area contributed by atoms with E-state index in [1.807, 2.05) is 0 Å². The number of anilines is 2. The van der Waals surface area contributed by atoms with E-state index in [2.05, 4.69) is 4.90 Å². The number of carboxylic acids is 1. The molecule has 5 heteroatoms. The molecule has 1 aromatic rings. The van der Waals surface area contributed by atoms with Crippen LogP contribution in [0.1, 0.15) is 42.5 Å². The monoisotopic (exact) mass is 292 g/mol. The molecule has 0 spiro atoms. The lowest BCUT2D eigenvalue weighted by molar-refractivity contribution is 0.0692. The smallest absolute Gasteiger partial charge is 0.338 e. The molecule has 1 aromatic carbocycles. The Balaban J connectivity index is 1.84. The van der Waals surface area contributed by atoms with Gasteiger partial charge < -0.3 is 15.7 Å². The van der Waals surface area contributed by atoms with Crippen LogP contribution in [0.2, 0.25) is 0 Å². The number of fused-ring (bicyclic) bond motifs is 1. The highest BCUT2D eigenvalue weighted by molar-refractivity contribution is 5.91. The zero-order chi connectivity index (χ0) is 15.0. The van der Waals surface area contributed by atoms with Crippen LogP contribution in [0.25, 0.3) is 0 Å². The fraction of sp³-hybridized carbons (Fsp3) is 0.562. The van der Waals surface area contributed by atoms with Crippen LogP contribution in [-0.4, -0.2) is 24.2 Å². The predicted molar refractivity (Wildman–Crippen MR) is 80.0 cm³/mol. The Labute approximate surface area is 123 Å². The minimum absolute atomic E-state index is 0.350. The van der Waals surface area contributed by atoms with Crippen LogP contribution in [-0.2, 0) is 0 Å². The fourth-order valence-corrected chi connectivity index (χ4v) is 3.84. The van der Waals surface area contributed by atoms with Crippen molar-refractivity contribution in [2.45, 2.75) is 32.1 Å². The summed E-state index contributed by atoms with van der Waals surface area (Å²) in [7, 11) is 0. The fourth-order valence-electron chi connectivity index (χ4n) is 3.84. The van der Waals surface area contributed by atoms with Gasteiger partial charge in [0.05, 0.1) is 16.9 Å². The second-order valence-corrected chi connectivity index (χ2v) is 6.24. The first-order valence-electron chi connectivity index (χ1n) is 7.63. The number of hydrogen-bond acceptors (Lipinski definition) is 3. The van der Waals surface area contributed by atoms with Gasteiger partial charge in [0, 0.05) is 19.2 Å². The molecule has 2 aliphatic rings. The number of carboxylic acid groups (broad SMARTS) is 1. The summed E-state index contributed by atoms with van der Waals surface area (Å²) < 4.78 is 13.9. The molecule has 21 heavy (non-hydrogen) atoms. The average Bonchev–Trinajstić information content (AvgIpc) is 2.48. The minimum Gasteiger partial charge on any atom is -0.478 e. The van der Waals surface area contributed by atoms with Crippen molar-refractivity contribution in [1.29, 1.82) is 0 Å². The number of carbonyl (C=O) groups is 1. The quantitative estimate of drug-likeness (QED) is 0.822. The van der Waals surface area contributed by atoms with Crippen molar-refractivity contribution in [3.05, 3.63) is 23.5 Å². The number of benzene rings is 1. The largest absolute Gasteiger partial charge is 0.478 e. The Morgan fingerprint density at radius 3 is 2.67 bits per heavy atom. The molecule has 114 valence electrons. The van der Waals surface area contributed by atoms with E-state index in [-0.39, 0.29) is 5.56 Å². The maximum Gasteiger partial charge on any atom is 0.338 e. The highest BCUT2D eigenvalue weighted by Gasteiger charge is 2.32. The van der Waals surface area contributed by atoms with Gasteiger partial charge >= 0.3 is 5.97 Å². The Bertz CT molecular complexity index is 561. The lowest BCUT2D eigenvalue weighted by Gasteiger charge is -2.42. The number of nitrogen functional groups attached to an aromatic ring is 1. The lowest BCUT2D eigenvalue weighted by atomic mass is 9.75. The SMILES string of the molecule is Nc1cc(C(=O)O)c(F)cc1N1CCC2CCCCC2C1. The summed E-state index contributed by atoms with van der Waals surface area (Å²) in [6.07, 6.45) is 6.26. The van der Waals surface area contributed by atoms with Crippen LogP contribution in [0.4, 0.5) is 15.8 Å². The summed E-state index contributed by atoms with van der Waals surface area (Å²) in [5.41, 5.74) is 6.59. The van der Waals surface area contributed by atoms with Gasteiger partial charge in [0.15, 0.2) is 0 Å². The average molecular weight is 292 g/mol. The molecule has 1 aliphatic carbocycles. The van der Waals surface area contributed by atoms with Crippen molar-refractivity contribution in [1.82, 2.24) is 0 Å². The number of hydrogen-bond donors (Lipinski definition) is 2. The molecule has 0 radical (unpaired) electrons. The second-order valence-electron chi connectivity index (χ2n) is 6.24. The molecule has 1 saturated heterocycles. The van der Waals surface area contributed by atoms with Gasteiger partial charge in [-0.1, -0.05) is 19.3 Å². The summed E-state index contributed by atoms with van der Waals surface area (Å²) in [5.74, 6) is -0.539. The van der Waals surface area contributed by atoms with E-state index in [0.29, 0.717) is 17.3 Å². The molecule has 4 nitrogen and oxygen atoms in total. The summed E-state index contributed by atoms with van der Waals surface area (Å²) in [6.45, 7) is 1.78. The molecule has 3 N–H and O–H groups in total. The molecule has 1 heterocycles. The summed E-state index contributed by atoms with van der Waals surface area (Å²) in [4.78, 5) is 13.1. The summed E-state index contributed by atoms with van der Waals surface area (Å²) in [5, 5.41) is 8.94. The molecule has 0 amide bonds. The lowest BCUT2D eigenvalue weighted by Crippen LogP contribution is -2.42. The highest BCUT2D eigenvalue weighted by atomic mass is 19.1. The molecule has 0 aromatic heterocycles. The molecule has 0 bridgehead atoms. The van der Waals surface area contributed by atoms with E-state index < -0.39 is 11.8 Å². The third-order valence-corrected chi connectivity index (χ3v) is 4.98. The number of nitrogens with two attached hydrogens (primary N) is 1. The van der Waals surface area contributed by atoms with Crippen molar-refractivity contribution >= 4 is 17.3 Å². The molecule has 2 unspecified atom stereocenters. The summed E-state index contributed by atoms with van der Waals surface area (Å²) >= 11 is 0. The van der Waals surface area contributed by atoms with E-state index in [1.165, 1.54) is 37.8 Å². The Kier molecular flexibility index (Phi) is 3.74. The number of piperidine rings is 1. The van der Waals surface area contributed by atoms with E-state index in [1.54, 1.807) is 0 Å². The zero-order valence-electron chi connectivity index (χ0n) is 12.0. The van der Waals surface area contributed by atoms with E-state index in [4.69, 9.17) is 10.8 Å². The molecular weight excluding hydrogens is 271 g/mol. The van der Waals surface area contributed by atoms with Crippen LogP contribution in [0.3, 0.4) is 0 Å². The third-order valence-electron chi connectivity index (χ3n) is 4.98. The van der Waals surface area contributed by atoms with Gasteiger partial charge in [-0.15, -0.1) is 0 Å². The number of halogens is 1. The standard InChI is InChI=1S/C16H21FN2O2/c17-13-8-15(14(18)7-12(13)16(20)21)19-6-5-10-3-1-2-4-11(10)9-19/h7-8,10-11H,1-6,9,18H2,(H,20,21). The van der Waals surface area contributed by atoms with Crippen molar-refractivity contribution in [2.75, 3.05) is 23.7 Å². The van der Waals surface area contributed by atoms with Gasteiger partial charge in [0.2, 0.25) is 0 Å². The molecule has 1 aliphatic heterocycles. The van der Waals surface area contributed by atoms with Gasteiger partial charge in [-0.3, -0.25) is 0 Å². The van der Waals surface area contributed by atoms with E-state index >= 15 is 0 Å². The van der Waals surface area contributed by atoms with Crippen LogP contribution in [0.15, 0.2) is 12.1 Å². The molecule has 2 atom stereocenters. The Morgan fingerprint density at radius 2 is 1.95 bits per heavy atom. The summed E-state index contributed by atoms with van der Waals surface area (Å²) in [6, 6.07) is 2.52. The van der Waals surface area contributed by atoms with Gasteiger partial charge in [-0.2, -0.15) is 0 Å². The van der Waals surface area contributed by atoms with Crippen molar-refractivity contribution in [3.8, 4) is 0 Å². The number of aromatic carboxylic acids is 1. The van der Waals surface area contributed by atoms with Crippen LogP contribution in [0.5, 0.6) is 0 Å². The van der Waals surface area contributed by atoms with Crippen molar-refractivity contribution in [2.24, 2.45) is 11.8 Å². The molecule has 3 rings (SSSR count).